The van der Waals surface area contributed by atoms with Crippen molar-refractivity contribution in [1.82, 2.24) is 4.90 Å². The average molecular weight is 424 g/mol. The molecule has 0 aromatic heterocycles. The quantitative estimate of drug-likeness (QED) is 0.624. The number of hydrogen-bond donors (Lipinski definition) is 1. The minimum atomic E-state index is -0.380. The molecule has 0 saturated heterocycles. The van der Waals surface area contributed by atoms with Crippen LogP contribution in [-0.2, 0) is 14.3 Å². The van der Waals surface area contributed by atoms with Crippen LogP contribution in [0.25, 0.3) is 5.57 Å². The molecule has 1 aliphatic heterocycles. The van der Waals surface area contributed by atoms with Crippen LogP contribution in [0.15, 0.2) is 54.2 Å². The molecule has 3 rings (SSSR count). The highest BCUT2D eigenvalue weighted by atomic mass is 16.5. The Labute approximate surface area is 183 Å². The zero-order chi connectivity index (χ0) is 22.5. The van der Waals surface area contributed by atoms with E-state index in [4.69, 9.17) is 9.47 Å². The molecule has 2 aromatic rings. The van der Waals surface area contributed by atoms with Crippen LogP contribution in [0.1, 0.15) is 19.4 Å². The van der Waals surface area contributed by atoms with Crippen molar-refractivity contribution in [2.45, 2.75) is 20.0 Å². The van der Waals surface area contributed by atoms with Crippen LogP contribution in [0.5, 0.6) is 5.75 Å². The van der Waals surface area contributed by atoms with Gasteiger partial charge >= 0.3 is 0 Å². The van der Waals surface area contributed by atoms with Crippen LogP contribution >= 0.6 is 0 Å². The van der Waals surface area contributed by atoms with Gasteiger partial charge < -0.3 is 19.7 Å². The predicted molar refractivity (Wildman–Crippen MR) is 122 cm³/mol. The molecule has 0 atom stereocenters. The maximum atomic E-state index is 13.3. The summed E-state index contributed by atoms with van der Waals surface area (Å²) < 4.78 is 11.0. The number of methoxy groups -OCH3 is 1. The van der Waals surface area contributed by atoms with E-state index in [1.54, 1.807) is 19.2 Å². The fourth-order valence-corrected chi connectivity index (χ4v) is 3.36. The predicted octanol–water partition coefficient (Wildman–Crippen LogP) is 3.38. The van der Waals surface area contributed by atoms with Crippen LogP contribution < -0.4 is 15.0 Å². The van der Waals surface area contributed by atoms with E-state index in [-0.39, 0.29) is 36.8 Å². The Kier molecular flexibility index (Phi) is 6.97. The Morgan fingerprint density at radius 1 is 1.00 bits per heavy atom. The van der Waals surface area contributed by atoms with Gasteiger partial charge in [-0.3, -0.25) is 14.5 Å². The Bertz CT molecular complexity index is 981. The molecule has 31 heavy (non-hydrogen) atoms. The highest BCUT2D eigenvalue weighted by Gasteiger charge is 2.40. The third-order valence-electron chi connectivity index (χ3n) is 4.96. The maximum absolute atomic E-state index is 13.3. The van der Waals surface area contributed by atoms with Crippen molar-refractivity contribution < 1.29 is 19.1 Å². The van der Waals surface area contributed by atoms with E-state index < -0.39 is 0 Å². The van der Waals surface area contributed by atoms with Gasteiger partial charge in [0.05, 0.1) is 31.9 Å². The molecular weight excluding hydrogens is 394 g/mol. The standard InChI is InChI=1S/C24H29N3O4/c1-16(2)31-15-14-27-23(28)21(19-8-6-7-9-20(19)30-5)22(24(27)29)25-17-10-12-18(13-11-17)26(3)4/h6-13,16,25H,14-15H2,1-5H3. The summed E-state index contributed by atoms with van der Waals surface area (Å²) in [6.07, 6.45) is 0.0160. The van der Waals surface area contributed by atoms with Crippen molar-refractivity contribution in [3.63, 3.8) is 0 Å². The second kappa shape index (κ2) is 9.66. The number of carbonyl (C=O) groups excluding carboxylic acids is 2. The molecule has 0 fully saturated rings. The van der Waals surface area contributed by atoms with Gasteiger partial charge in [-0.05, 0) is 44.2 Å². The van der Waals surface area contributed by atoms with Crippen LogP contribution in [0, 0.1) is 0 Å². The third kappa shape index (κ3) is 4.88. The molecule has 1 aliphatic rings. The van der Waals surface area contributed by atoms with Crippen molar-refractivity contribution in [2.75, 3.05) is 44.6 Å². The summed E-state index contributed by atoms with van der Waals surface area (Å²) in [5.41, 5.74) is 2.85. The summed E-state index contributed by atoms with van der Waals surface area (Å²) in [4.78, 5) is 29.7. The van der Waals surface area contributed by atoms with Crippen LogP contribution in [0.3, 0.4) is 0 Å². The third-order valence-corrected chi connectivity index (χ3v) is 4.96. The number of nitrogens with zero attached hydrogens (tertiary/aromatic N) is 2. The number of ether oxygens (including phenoxy) is 2. The zero-order valence-corrected chi connectivity index (χ0v) is 18.6. The molecule has 2 amide bonds. The largest absolute Gasteiger partial charge is 0.496 e. The minimum absolute atomic E-state index is 0.0160. The monoisotopic (exact) mass is 423 g/mol. The van der Waals surface area contributed by atoms with Crippen LogP contribution in [-0.4, -0.2) is 57.2 Å². The van der Waals surface area contributed by atoms with Gasteiger partial charge in [-0.1, -0.05) is 18.2 Å². The Morgan fingerprint density at radius 2 is 1.68 bits per heavy atom. The number of nitrogens with one attached hydrogen (secondary N) is 1. The van der Waals surface area contributed by atoms with E-state index in [1.165, 1.54) is 4.90 Å². The summed E-state index contributed by atoms with van der Waals surface area (Å²) in [5.74, 6) is -0.217. The number of hydrogen-bond acceptors (Lipinski definition) is 6. The van der Waals surface area contributed by atoms with Crippen LogP contribution in [0.4, 0.5) is 11.4 Å². The normalized spacial score (nSPS) is 13.9. The van der Waals surface area contributed by atoms with E-state index in [0.29, 0.717) is 16.9 Å². The summed E-state index contributed by atoms with van der Waals surface area (Å²) in [5, 5.41) is 3.17. The fourth-order valence-electron chi connectivity index (χ4n) is 3.36. The molecule has 7 heteroatoms. The van der Waals surface area contributed by atoms with Gasteiger partial charge in [-0.15, -0.1) is 0 Å². The van der Waals surface area contributed by atoms with E-state index in [0.717, 1.165) is 11.4 Å². The van der Waals surface area contributed by atoms with E-state index in [2.05, 4.69) is 5.32 Å². The fraction of sp³-hybridized carbons (Fsp3) is 0.333. The van der Waals surface area contributed by atoms with Crippen molar-refractivity contribution in [3.8, 4) is 5.75 Å². The maximum Gasteiger partial charge on any atom is 0.278 e. The molecule has 0 bridgehead atoms. The molecular formula is C24H29N3O4. The first-order valence-corrected chi connectivity index (χ1v) is 10.2. The average Bonchev–Trinajstić information content (AvgIpc) is 2.98. The number of anilines is 2. The molecule has 7 nitrogen and oxygen atoms in total. The Balaban J connectivity index is 1.98. The van der Waals surface area contributed by atoms with Gasteiger partial charge in [0.15, 0.2) is 0 Å². The summed E-state index contributed by atoms with van der Waals surface area (Å²) in [6, 6.07) is 14.8. The van der Waals surface area contributed by atoms with Gasteiger partial charge in [0.1, 0.15) is 11.4 Å². The lowest BCUT2D eigenvalue weighted by atomic mass is 10.0. The van der Waals surface area contributed by atoms with Gasteiger partial charge in [0, 0.05) is 31.0 Å². The number of benzene rings is 2. The molecule has 0 spiro atoms. The molecule has 164 valence electrons. The lowest BCUT2D eigenvalue weighted by molar-refractivity contribution is -0.137. The highest BCUT2D eigenvalue weighted by molar-refractivity contribution is 6.37. The van der Waals surface area contributed by atoms with Gasteiger partial charge in [-0.2, -0.15) is 0 Å². The first kappa shape index (κ1) is 22.4. The number of imide groups is 1. The number of amides is 2. The van der Waals surface area contributed by atoms with E-state index in [9.17, 15) is 9.59 Å². The molecule has 2 aromatic carbocycles. The SMILES string of the molecule is COc1ccccc1C1=C(Nc2ccc(N(C)C)cc2)C(=O)N(CCOC(C)C)C1=O. The van der Waals surface area contributed by atoms with Gasteiger partial charge in [0.25, 0.3) is 11.8 Å². The topological polar surface area (TPSA) is 71.1 Å². The molecule has 1 heterocycles. The van der Waals surface area contributed by atoms with Crippen molar-refractivity contribution in [1.29, 1.82) is 0 Å². The van der Waals surface area contributed by atoms with E-state index in [1.807, 2.05) is 69.2 Å². The zero-order valence-electron chi connectivity index (χ0n) is 18.6. The lowest BCUT2D eigenvalue weighted by Crippen LogP contribution is -2.35. The van der Waals surface area contributed by atoms with Gasteiger partial charge in [0.2, 0.25) is 0 Å². The minimum Gasteiger partial charge on any atom is -0.496 e. The summed E-state index contributed by atoms with van der Waals surface area (Å²) in [6.45, 7) is 4.28. The van der Waals surface area contributed by atoms with Crippen molar-refractivity contribution >= 4 is 28.8 Å². The van der Waals surface area contributed by atoms with Crippen molar-refractivity contribution in [3.05, 3.63) is 59.8 Å². The number of rotatable bonds is 9. The molecule has 0 radical (unpaired) electrons. The summed E-state index contributed by atoms with van der Waals surface area (Å²) in [7, 11) is 5.46. The molecule has 1 N–H and O–H groups in total. The molecule has 0 saturated carbocycles. The number of para-hydroxylation sites is 1. The van der Waals surface area contributed by atoms with Crippen LogP contribution in [0.2, 0.25) is 0 Å². The smallest absolute Gasteiger partial charge is 0.278 e. The first-order valence-electron chi connectivity index (χ1n) is 10.2. The first-order chi connectivity index (χ1) is 14.8. The van der Waals surface area contributed by atoms with Crippen molar-refractivity contribution in [2.24, 2.45) is 0 Å². The molecule has 0 unspecified atom stereocenters. The summed E-state index contributed by atoms with van der Waals surface area (Å²) >= 11 is 0. The number of carbonyl (C=O) groups is 2. The second-order valence-electron chi connectivity index (χ2n) is 7.70. The second-order valence-corrected chi connectivity index (χ2v) is 7.70. The van der Waals surface area contributed by atoms with E-state index >= 15 is 0 Å². The molecule has 0 aliphatic carbocycles. The Hall–Kier alpha value is -3.32. The highest BCUT2D eigenvalue weighted by Crippen LogP contribution is 2.35. The van der Waals surface area contributed by atoms with Gasteiger partial charge in [-0.25, -0.2) is 0 Å². The Morgan fingerprint density at radius 3 is 2.29 bits per heavy atom. The lowest BCUT2D eigenvalue weighted by Gasteiger charge is -2.17.